The van der Waals surface area contributed by atoms with E-state index < -0.39 is 6.23 Å². The van der Waals surface area contributed by atoms with Crippen molar-refractivity contribution in [3.63, 3.8) is 0 Å². The number of Topliss-reactive ketones (excluding diaryl/α,β-unsaturated/α-hetero) is 1. The first-order chi connectivity index (χ1) is 14.9. The molecule has 0 saturated heterocycles. The Labute approximate surface area is 192 Å². The Morgan fingerprint density at radius 2 is 2.10 bits per heavy atom. The Hall–Kier alpha value is -2.39. The lowest BCUT2D eigenvalue weighted by Gasteiger charge is -2.31. The zero-order chi connectivity index (χ0) is 22.1. The summed E-state index contributed by atoms with van der Waals surface area (Å²) in [4.78, 5) is 29.3. The molecular formula is C21H18Cl2N2O5S. The monoisotopic (exact) mass is 480 g/mol. The summed E-state index contributed by atoms with van der Waals surface area (Å²) in [6.07, 6.45) is 1.49. The molecule has 1 aliphatic rings. The molecule has 0 radical (unpaired) electrons. The van der Waals surface area contributed by atoms with Gasteiger partial charge in [-0.3, -0.25) is 9.59 Å². The van der Waals surface area contributed by atoms with Gasteiger partial charge in [-0.15, -0.1) is 11.3 Å². The fourth-order valence-electron chi connectivity index (χ4n) is 3.31. The van der Waals surface area contributed by atoms with Crippen LogP contribution in [0.25, 0.3) is 11.3 Å². The van der Waals surface area contributed by atoms with E-state index in [1.807, 2.05) is 0 Å². The molecule has 0 saturated carbocycles. The lowest BCUT2D eigenvalue weighted by Crippen LogP contribution is -2.27. The highest BCUT2D eigenvalue weighted by Crippen LogP contribution is 2.46. The molecule has 3 heterocycles. The molecule has 0 unspecified atom stereocenters. The highest BCUT2D eigenvalue weighted by atomic mass is 35.5. The Kier molecular flexibility index (Phi) is 6.34. The summed E-state index contributed by atoms with van der Waals surface area (Å²) < 4.78 is 18.8. The highest BCUT2D eigenvalue weighted by molar-refractivity contribution is 7.10. The van der Waals surface area contributed by atoms with Crippen molar-refractivity contribution < 1.29 is 19.0 Å². The standard InChI is InChI=1S/C21H18Cl2N2O5S/c1-11(26)13-9-25-15(7-16(13)27)12-6-14(22)18(29-5-3-4-28-2)8-17(12)30-21(25)19-20(23)24-10-31-19/h6-10,21H,3-5H2,1-2H3/t21-/m0/s1. The number of methoxy groups -OCH3 is 1. The van der Waals surface area contributed by atoms with Gasteiger partial charge in [0.15, 0.2) is 11.2 Å². The molecule has 7 nitrogen and oxygen atoms in total. The number of rotatable bonds is 7. The Balaban J connectivity index is 1.84. The molecule has 162 valence electrons. The van der Waals surface area contributed by atoms with Gasteiger partial charge in [0.25, 0.3) is 0 Å². The van der Waals surface area contributed by atoms with Crippen LogP contribution in [-0.4, -0.2) is 35.7 Å². The Morgan fingerprint density at radius 3 is 2.77 bits per heavy atom. The minimum atomic E-state index is -0.705. The fraction of sp³-hybridized carbons (Fsp3) is 0.286. The van der Waals surface area contributed by atoms with E-state index in [1.165, 1.54) is 30.5 Å². The summed E-state index contributed by atoms with van der Waals surface area (Å²) >= 11 is 14.0. The van der Waals surface area contributed by atoms with Crippen molar-refractivity contribution >= 4 is 40.3 Å². The van der Waals surface area contributed by atoms with E-state index in [0.29, 0.717) is 52.3 Å². The first kappa shape index (κ1) is 21.8. The van der Waals surface area contributed by atoms with Gasteiger partial charge >= 0.3 is 0 Å². The number of pyridine rings is 1. The van der Waals surface area contributed by atoms with Crippen molar-refractivity contribution in [3.05, 3.63) is 60.7 Å². The summed E-state index contributed by atoms with van der Waals surface area (Å²) in [5, 5.41) is 0.668. The van der Waals surface area contributed by atoms with Gasteiger partial charge in [0.2, 0.25) is 6.23 Å². The number of carbonyl (C=O) groups excluding carboxylic acids is 1. The minimum Gasteiger partial charge on any atom is -0.492 e. The summed E-state index contributed by atoms with van der Waals surface area (Å²) in [6.45, 7) is 2.34. The van der Waals surface area contributed by atoms with Crippen LogP contribution in [0.4, 0.5) is 0 Å². The molecule has 31 heavy (non-hydrogen) atoms. The zero-order valence-electron chi connectivity index (χ0n) is 16.7. The van der Waals surface area contributed by atoms with Crippen molar-refractivity contribution in [2.75, 3.05) is 20.3 Å². The van der Waals surface area contributed by atoms with Crippen molar-refractivity contribution in [1.82, 2.24) is 9.55 Å². The average molecular weight is 481 g/mol. The number of hydrogen-bond donors (Lipinski definition) is 0. The van der Waals surface area contributed by atoms with E-state index in [4.69, 9.17) is 37.4 Å². The van der Waals surface area contributed by atoms with E-state index in [2.05, 4.69) is 4.98 Å². The summed E-state index contributed by atoms with van der Waals surface area (Å²) in [7, 11) is 1.63. The molecule has 0 aliphatic carbocycles. The SMILES string of the molecule is COCCCOc1cc2c(cc1Cl)-c1cc(=O)c(C(C)=O)cn1[C@H](c1scnc1Cl)O2. The predicted molar refractivity (Wildman–Crippen MR) is 119 cm³/mol. The number of nitrogens with zero attached hydrogens (tertiary/aromatic N) is 2. The molecule has 0 bridgehead atoms. The number of fused-ring (bicyclic) bond motifs is 3. The van der Waals surface area contributed by atoms with Gasteiger partial charge in [-0.25, -0.2) is 4.98 Å². The molecule has 1 atom stereocenters. The molecule has 2 aromatic heterocycles. The van der Waals surface area contributed by atoms with Crippen molar-refractivity contribution in [2.24, 2.45) is 0 Å². The van der Waals surface area contributed by atoms with E-state index in [0.717, 1.165) is 0 Å². The van der Waals surface area contributed by atoms with Gasteiger partial charge in [-0.1, -0.05) is 23.2 Å². The minimum absolute atomic E-state index is 0.0608. The lowest BCUT2D eigenvalue weighted by molar-refractivity contribution is 0.101. The quantitative estimate of drug-likeness (QED) is 0.355. The van der Waals surface area contributed by atoms with Crippen molar-refractivity contribution in [2.45, 2.75) is 19.6 Å². The van der Waals surface area contributed by atoms with E-state index in [-0.39, 0.29) is 21.9 Å². The molecule has 0 amide bonds. The van der Waals surface area contributed by atoms with E-state index in [1.54, 1.807) is 29.3 Å². The predicted octanol–water partition coefficient (Wildman–Crippen LogP) is 4.84. The Bertz CT molecular complexity index is 1210. The van der Waals surface area contributed by atoms with Gasteiger partial charge < -0.3 is 18.8 Å². The van der Waals surface area contributed by atoms with E-state index >= 15 is 0 Å². The maximum atomic E-state index is 12.6. The van der Waals surface area contributed by atoms with Crippen LogP contribution in [0.15, 0.2) is 34.7 Å². The number of ketones is 1. The normalized spacial score (nSPS) is 14.5. The highest BCUT2D eigenvalue weighted by Gasteiger charge is 2.31. The number of benzene rings is 1. The number of hydrogen-bond acceptors (Lipinski definition) is 7. The van der Waals surface area contributed by atoms with Crippen LogP contribution in [-0.2, 0) is 4.74 Å². The first-order valence-corrected chi connectivity index (χ1v) is 11.0. The number of thiazole rings is 1. The summed E-state index contributed by atoms with van der Waals surface area (Å²) in [5.41, 5.74) is 2.45. The molecular weight excluding hydrogens is 463 g/mol. The molecule has 1 aliphatic heterocycles. The first-order valence-electron chi connectivity index (χ1n) is 9.39. The van der Waals surface area contributed by atoms with Crippen LogP contribution >= 0.6 is 34.5 Å². The van der Waals surface area contributed by atoms with Crippen LogP contribution in [0, 0.1) is 0 Å². The second-order valence-electron chi connectivity index (χ2n) is 6.85. The molecule has 0 spiro atoms. The second kappa shape index (κ2) is 9.00. The van der Waals surface area contributed by atoms with Gasteiger partial charge in [-0.2, -0.15) is 0 Å². The van der Waals surface area contributed by atoms with Gasteiger partial charge in [0.05, 0.1) is 28.4 Å². The van der Waals surface area contributed by atoms with Crippen LogP contribution in [0.5, 0.6) is 11.5 Å². The molecule has 0 fully saturated rings. The fourth-order valence-corrected chi connectivity index (χ4v) is 4.56. The topological polar surface area (TPSA) is 79.7 Å². The lowest BCUT2D eigenvalue weighted by atomic mass is 10.0. The van der Waals surface area contributed by atoms with Crippen LogP contribution < -0.4 is 14.9 Å². The largest absolute Gasteiger partial charge is 0.492 e. The Morgan fingerprint density at radius 1 is 1.29 bits per heavy atom. The van der Waals surface area contributed by atoms with Crippen LogP contribution in [0.2, 0.25) is 10.2 Å². The van der Waals surface area contributed by atoms with Crippen LogP contribution in [0.3, 0.4) is 0 Å². The number of carbonyl (C=O) groups is 1. The van der Waals surface area contributed by atoms with Gasteiger partial charge in [0, 0.05) is 44.0 Å². The maximum Gasteiger partial charge on any atom is 0.214 e. The van der Waals surface area contributed by atoms with Crippen molar-refractivity contribution in [3.8, 4) is 22.8 Å². The van der Waals surface area contributed by atoms with Gasteiger partial charge in [-0.05, 0) is 13.0 Å². The van der Waals surface area contributed by atoms with Crippen LogP contribution in [0.1, 0.15) is 34.8 Å². The molecule has 0 N–H and O–H groups in total. The number of ether oxygens (including phenoxy) is 3. The maximum absolute atomic E-state index is 12.6. The number of halogens is 2. The molecule has 1 aromatic carbocycles. The third-order valence-electron chi connectivity index (χ3n) is 4.78. The third-order valence-corrected chi connectivity index (χ3v) is 6.35. The van der Waals surface area contributed by atoms with Gasteiger partial charge in [0.1, 0.15) is 21.5 Å². The van der Waals surface area contributed by atoms with Crippen molar-refractivity contribution in [1.29, 1.82) is 0 Å². The molecule has 10 heteroatoms. The summed E-state index contributed by atoms with van der Waals surface area (Å²) in [5.74, 6) is 0.607. The third kappa shape index (κ3) is 4.21. The number of aromatic nitrogens is 2. The van der Waals surface area contributed by atoms with E-state index in [9.17, 15) is 9.59 Å². The smallest absolute Gasteiger partial charge is 0.214 e. The molecule has 3 aromatic rings. The summed E-state index contributed by atoms with van der Waals surface area (Å²) in [6, 6.07) is 4.79. The zero-order valence-corrected chi connectivity index (χ0v) is 19.0. The average Bonchev–Trinajstić information content (AvgIpc) is 3.16. The molecule has 4 rings (SSSR count). The second-order valence-corrected chi connectivity index (χ2v) is 8.50.